The first kappa shape index (κ1) is 16.6. The molecule has 5 heteroatoms. The summed E-state index contributed by atoms with van der Waals surface area (Å²) in [6.45, 7) is 5.56. The van der Waals surface area contributed by atoms with Crippen LogP contribution in [0.15, 0.2) is 24.3 Å². The van der Waals surface area contributed by atoms with E-state index in [4.69, 9.17) is 10.5 Å². The average molecular weight is 305 g/mol. The lowest BCUT2D eigenvalue weighted by atomic mass is 9.99. The molecule has 1 amide bonds. The molecule has 2 rings (SSSR count). The molecule has 1 heterocycles. The first-order chi connectivity index (χ1) is 10.7. The van der Waals surface area contributed by atoms with Crippen molar-refractivity contribution in [1.82, 2.24) is 4.90 Å². The summed E-state index contributed by atoms with van der Waals surface area (Å²) >= 11 is 0. The number of carbonyl (C=O) groups is 1. The third-order valence-corrected chi connectivity index (χ3v) is 4.04. The highest BCUT2D eigenvalue weighted by atomic mass is 16.5. The number of ether oxygens (including phenoxy) is 1. The fourth-order valence-corrected chi connectivity index (χ4v) is 2.52. The van der Waals surface area contributed by atoms with E-state index in [0.29, 0.717) is 6.54 Å². The fourth-order valence-electron chi connectivity index (χ4n) is 2.52. The van der Waals surface area contributed by atoms with Gasteiger partial charge in [-0.1, -0.05) is 13.0 Å². The van der Waals surface area contributed by atoms with Gasteiger partial charge in [0.15, 0.2) is 6.61 Å². The van der Waals surface area contributed by atoms with Gasteiger partial charge in [-0.3, -0.25) is 4.79 Å². The minimum atomic E-state index is 0.0772. The molecule has 1 aromatic rings. The summed E-state index contributed by atoms with van der Waals surface area (Å²) in [6.07, 6.45) is 3.11. The van der Waals surface area contributed by atoms with Gasteiger partial charge in [-0.25, -0.2) is 0 Å². The molecule has 1 aromatic carbocycles. The zero-order valence-corrected chi connectivity index (χ0v) is 13.4. The van der Waals surface area contributed by atoms with Gasteiger partial charge in [-0.15, -0.1) is 0 Å². The van der Waals surface area contributed by atoms with Gasteiger partial charge in [0, 0.05) is 31.4 Å². The highest BCUT2D eigenvalue weighted by molar-refractivity contribution is 5.77. The second-order valence-corrected chi connectivity index (χ2v) is 5.95. The normalized spacial score (nSPS) is 15.6. The summed E-state index contributed by atoms with van der Waals surface area (Å²) in [7, 11) is 0. The number of benzene rings is 1. The molecule has 22 heavy (non-hydrogen) atoms. The summed E-state index contributed by atoms with van der Waals surface area (Å²) in [4.78, 5) is 14.1. The maximum Gasteiger partial charge on any atom is 0.260 e. The molecule has 0 aliphatic carbocycles. The highest BCUT2D eigenvalue weighted by Crippen LogP contribution is 2.19. The van der Waals surface area contributed by atoms with E-state index in [1.54, 1.807) is 0 Å². The van der Waals surface area contributed by atoms with Crippen LogP contribution in [-0.4, -0.2) is 43.6 Å². The number of likely N-dealkylation sites (tertiary alicyclic amines) is 1. The first-order valence-electron chi connectivity index (χ1n) is 8.13. The topological polar surface area (TPSA) is 67.6 Å². The second-order valence-electron chi connectivity index (χ2n) is 5.95. The van der Waals surface area contributed by atoms with Gasteiger partial charge >= 0.3 is 0 Å². The van der Waals surface area contributed by atoms with Crippen LogP contribution in [-0.2, 0) is 4.79 Å². The number of carbonyl (C=O) groups excluding carboxylic acids is 1. The fraction of sp³-hybridized carbons (Fsp3) is 0.588. The minimum Gasteiger partial charge on any atom is -0.484 e. The van der Waals surface area contributed by atoms with Crippen molar-refractivity contribution < 1.29 is 9.53 Å². The number of nitrogens with zero attached hydrogens (tertiary/aromatic N) is 1. The van der Waals surface area contributed by atoms with Gasteiger partial charge in [-0.2, -0.15) is 0 Å². The monoisotopic (exact) mass is 305 g/mol. The maximum absolute atomic E-state index is 12.1. The third kappa shape index (κ3) is 5.22. The zero-order valence-electron chi connectivity index (χ0n) is 13.4. The van der Waals surface area contributed by atoms with Crippen LogP contribution in [0.1, 0.15) is 26.2 Å². The van der Waals surface area contributed by atoms with Gasteiger partial charge < -0.3 is 20.7 Å². The SMILES string of the molecule is CC1CCN(C(=O)COc2cccc(NCCCN)c2)CC1. The van der Waals surface area contributed by atoms with E-state index in [2.05, 4.69) is 12.2 Å². The van der Waals surface area contributed by atoms with Crippen molar-refractivity contribution in [3.05, 3.63) is 24.3 Å². The number of hydrogen-bond donors (Lipinski definition) is 2. The molecule has 0 unspecified atom stereocenters. The highest BCUT2D eigenvalue weighted by Gasteiger charge is 2.20. The number of piperidine rings is 1. The van der Waals surface area contributed by atoms with Gasteiger partial charge in [0.2, 0.25) is 0 Å². The molecular weight excluding hydrogens is 278 g/mol. The van der Waals surface area contributed by atoms with Crippen LogP contribution >= 0.6 is 0 Å². The molecule has 3 N–H and O–H groups in total. The molecule has 1 saturated heterocycles. The van der Waals surface area contributed by atoms with E-state index in [-0.39, 0.29) is 12.5 Å². The average Bonchev–Trinajstić information content (AvgIpc) is 2.54. The molecule has 0 bridgehead atoms. The third-order valence-electron chi connectivity index (χ3n) is 4.04. The largest absolute Gasteiger partial charge is 0.484 e. The Hall–Kier alpha value is -1.75. The molecule has 0 saturated carbocycles. The molecule has 1 aliphatic rings. The van der Waals surface area contributed by atoms with Crippen molar-refractivity contribution in [2.75, 3.05) is 38.1 Å². The van der Waals surface area contributed by atoms with Crippen molar-refractivity contribution in [2.45, 2.75) is 26.2 Å². The Labute approximate surface area is 132 Å². The van der Waals surface area contributed by atoms with Crippen LogP contribution in [0.2, 0.25) is 0 Å². The predicted molar refractivity (Wildman–Crippen MR) is 89.1 cm³/mol. The van der Waals surface area contributed by atoms with Gasteiger partial charge in [-0.05, 0) is 43.9 Å². The maximum atomic E-state index is 12.1. The van der Waals surface area contributed by atoms with Crippen molar-refractivity contribution in [1.29, 1.82) is 0 Å². The van der Waals surface area contributed by atoms with E-state index in [1.807, 2.05) is 29.2 Å². The summed E-state index contributed by atoms with van der Waals surface area (Å²) in [6, 6.07) is 7.70. The Kier molecular flexibility index (Phi) is 6.52. The first-order valence-corrected chi connectivity index (χ1v) is 8.13. The molecule has 1 fully saturated rings. The van der Waals surface area contributed by atoms with Crippen LogP contribution < -0.4 is 15.8 Å². The lowest BCUT2D eigenvalue weighted by Gasteiger charge is -2.30. The Balaban J connectivity index is 1.78. The molecule has 122 valence electrons. The van der Waals surface area contributed by atoms with E-state index in [9.17, 15) is 4.79 Å². The van der Waals surface area contributed by atoms with Crippen molar-refractivity contribution >= 4 is 11.6 Å². The van der Waals surface area contributed by atoms with Crippen LogP contribution in [0.25, 0.3) is 0 Å². The number of amides is 1. The number of nitrogens with one attached hydrogen (secondary N) is 1. The summed E-state index contributed by atoms with van der Waals surface area (Å²) in [5.41, 5.74) is 6.47. The van der Waals surface area contributed by atoms with E-state index >= 15 is 0 Å². The summed E-state index contributed by atoms with van der Waals surface area (Å²) < 4.78 is 5.64. The molecule has 5 nitrogen and oxygen atoms in total. The molecule has 0 atom stereocenters. The van der Waals surface area contributed by atoms with Crippen LogP contribution in [0.3, 0.4) is 0 Å². The predicted octanol–water partition coefficient (Wildman–Crippen LogP) is 2.08. The number of rotatable bonds is 7. The van der Waals surface area contributed by atoms with Crippen molar-refractivity contribution in [3.63, 3.8) is 0 Å². The van der Waals surface area contributed by atoms with Crippen molar-refractivity contribution in [2.24, 2.45) is 11.7 Å². The van der Waals surface area contributed by atoms with Crippen LogP contribution in [0.5, 0.6) is 5.75 Å². The quantitative estimate of drug-likeness (QED) is 0.757. The standard InChI is InChI=1S/C17H27N3O2/c1-14-6-10-20(11-7-14)17(21)13-22-16-5-2-4-15(12-16)19-9-3-8-18/h2,4-5,12,14,19H,3,6-11,13,18H2,1H3. The smallest absolute Gasteiger partial charge is 0.260 e. The van der Waals surface area contributed by atoms with E-state index in [1.165, 1.54) is 0 Å². The van der Waals surface area contributed by atoms with Gasteiger partial charge in [0.25, 0.3) is 5.91 Å². The molecule has 1 aliphatic heterocycles. The second kappa shape index (κ2) is 8.63. The van der Waals surface area contributed by atoms with Gasteiger partial charge in [0.05, 0.1) is 0 Å². The Morgan fingerprint density at radius 1 is 1.41 bits per heavy atom. The number of hydrogen-bond acceptors (Lipinski definition) is 4. The molecule has 0 radical (unpaired) electrons. The van der Waals surface area contributed by atoms with Crippen LogP contribution in [0.4, 0.5) is 5.69 Å². The van der Waals surface area contributed by atoms with Gasteiger partial charge in [0.1, 0.15) is 5.75 Å². The van der Waals surface area contributed by atoms with E-state index < -0.39 is 0 Å². The number of nitrogens with two attached hydrogens (primary N) is 1. The molecular formula is C17H27N3O2. The molecule has 0 spiro atoms. The Bertz CT molecular complexity index is 471. The minimum absolute atomic E-state index is 0.0772. The lowest BCUT2D eigenvalue weighted by molar-refractivity contribution is -0.134. The summed E-state index contributed by atoms with van der Waals surface area (Å²) in [5.74, 6) is 1.52. The van der Waals surface area contributed by atoms with Crippen LogP contribution in [0, 0.1) is 5.92 Å². The zero-order chi connectivity index (χ0) is 15.8. The Morgan fingerprint density at radius 3 is 2.91 bits per heavy atom. The molecule has 0 aromatic heterocycles. The summed E-state index contributed by atoms with van der Waals surface area (Å²) in [5, 5.41) is 3.29. The number of anilines is 1. The van der Waals surface area contributed by atoms with E-state index in [0.717, 1.165) is 56.3 Å². The Morgan fingerprint density at radius 2 is 2.18 bits per heavy atom. The lowest BCUT2D eigenvalue weighted by Crippen LogP contribution is -2.40. The van der Waals surface area contributed by atoms with Crippen molar-refractivity contribution in [3.8, 4) is 5.75 Å².